The van der Waals surface area contributed by atoms with Gasteiger partial charge in [-0.1, -0.05) is 11.6 Å². The van der Waals surface area contributed by atoms with Crippen molar-refractivity contribution in [2.45, 2.75) is 77.7 Å². The number of amides is 1. The van der Waals surface area contributed by atoms with Crippen molar-refractivity contribution in [3.8, 4) is 11.5 Å². The quantitative estimate of drug-likeness (QED) is 0.713. The number of carboxylic acid groups (broad SMARTS) is 1. The van der Waals surface area contributed by atoms with Gasteiger partial charge in [0.05, 0.1) is 10.6 Å². The van der Waals surface area contributed by atoms with Crippen molar-refractivity contribution in [2.75, 3.05) is 0 Å². The zero-order valence-corrected chi connectivity index (χ0v) is 18.2. The SMILES string of the molecule is Cc1c(C(=O)O)cc(Cl)c2c1OC(C)([C@H]1CC[C@H](NC(=O)OC(C)(C)C)CC1)O2. The molecule has 1 heterocycles. The fraction of sp³-hybridized carbons (Fsp3) is 0.619. The molecule has 1 atom stereocenters. The van der Waals surface area contributed by atoms with Gasteiger partial charge >= 0.3 is 12.1 Å². The van der Waals surface area contributed by atoms with Crippen LogP contribution >= 0.6 is 11.6 Å². The van der Waals surface area contributed by atoms with Gasteiger partial charge in [0, 0.05) is 24.4 Å². The molecule has 0 bridgehead atoms. The summed E-state index contributed by atoms with van der Waals surface area (Å²) in [6, 6.07) is 1.44. The van der Waals surface area contributed by atoms with Crippen LogP contribution in [-0.2, 0) is 4.74 Å². The van der Waals surface area contributed by atoms with E-state index in [1.54, 1.807) is 6.92 Å². The van der Waals surface area contributed by atoms with Crippen LogP contribution in [0, 0.1) is 12.8 Å². The third-order valence-corrected chi connectivity index (χ3v) is 5.75. The number of ether oxygens (including phenoxy) is 3. The van der Waals surface area contributed by atoms with Crippen molar-refractivity contribution in [3.63, 3.8) is 0 Å². The molecule has 0 radical (unpaired) electrons. The normalized spacial score (nSPS) is 26.1. The van der Waals surface area contributed by atoms with E-state index >= 15 is 0 Å². The molecule has 8 heteroatoms. The lowest BCUT2D eigenvalue weighted by Crippen LogP contribution is -2.48. The molecule has 0 saturated heterocycles. The number of carbonyl (C=O) groups is 2. The van der Waals surface area contributed by atoms with Gasteiger partial charge in [-0.05, 0) is 59.4 Å². The maximum absolute atomic E-state index is 12.0. The molecule has 1 saturated carbocycles. The number of hydrogen-bond donors (Lipinski definition) is 2. The van der Waals surface area contributed by atoms with Gasteiger partial charge in [-0.15, -0.1) is 0 Å². The molecule has 0 spiro atoms. The first-order chi connectivity index (χ1) is 13.4. The Morgan fingerprint density at radius 3 is 2.34 bits per heavy atom. The van der Waals surface area contributed by atoms with E-state index in [0.29, 0.717) is 17.1 Å². The first-order valence-electron chi connectivity index (χ1n) is 9.83. The van der Waals surface area contributed by atoms with Gasteiger partial charge in [0.15, 0.2) is 11.5 Å². The second kappa shape index (κ2) is 7.59. The predicted octanol–water partition coefficient (Wildman–Crippen LogP) is 4.92. The van der Waals surface area contributed by atoms with Crippen molar-refractivity contribution in [1.29, 1.82) is 0 Å². The van der Waals surface area contributed by atoms with Crippen LogP contribution in [-0.4, -0.2) is 34.6 Å². The summed E-state index contributed by atoms with van der Waals surface area (Å²) < 4.78 is 17.6. The number of halogens is 1. The van der Waals surface area contributed by atoms with E-state index in [0.717, 1.165) is 25.7 Å². The highest BCUT2D eigenvalue weighted by Gasteiger charge is 2.47. The van der Waals surface area contributed by atoms with E-state index in [-0.39, 0.29) is 22.5 Å². The van der Waals surface area contributed by atoms with Crippen LogP contribution in [0.2, 0.25) is 5.02 Å². The minimum Gasteiger partial charge on any atom is -0.478 e. The predicted molar refractivity (Wildman–Crippen MR) is 108 cm³/mol. The zero-order chi connectivity index (χ0) is 21.6. The Hall–Kier alpha value is -2.15. The minimum atomic E-state index is -1.06. The molecule has 1 aromatic rings. The van der Waals surface area contributed by atoms with E-state index in [1.807, 2.05) is 27.7 Å². The molecular formula is C21H28ClNO6. The number of alkyl carbamates (subject to hydrolysis) is 1. The van der Waals surface area contributed by atoms with Gasteiger partial charge in [0.1, 0.15) is 5.60 Å². The van der Waals surface area contributed by atoms with Gasteiger partial charge < -0.3 is 24.6 Å². The van der Waals surface area contributed by atoms with Crippen LogP contribution in [0.1, 0.15) is 69.3 Å². The number of rotatable bonds is 3. The average molecular weight is 426 g/mol. The van der Waals surface area contributed by atoms with E-state index in [1.165, 1.54) is 6.07 Å². The highest BCUT2D eigenvalue weighted by molar-refractivity contribution is 6.32. The average Bonchev–Trinajstić information content (AvgIpc) is 2.96. The van der Waals surface area contributed by atoms with E-state index in [2.05, 4.69) is 5.32 Å². The fourth-order valence-electron chi connectivity index (χ4n) is 3.97. The molecule has 1 aliphatic heterocycles. The van der Waals surface area contributed by atoms with Crippen molar-refractivity contribution < 1.29 is 28.9 Å². The smallest absolute Gasteiger partial charge is 0.407 e. The van der Waals surface area contributed by atoms with Gasteiger partial charge in [-0.25, -0.2) is 9.59 Å². The van der Waals surface area contributed by atoms with Gasteiger partial charge in [-0.2, -0.15) is 0 Å². The molecule has 1 aromatic carbocycles. The van der Waals surface area contributed by atoms with Crippen LogP contribution in [0.25, 0.3) is 0 Å². The fourth-order valence-corrected chi connectivity index (χ4v) is 4.20. The third-order valence-electron chi connectivity index (χ3n) is 5.47. The molecule has 1 unspecified atom stereocenters. The molecule has 2 aliphatic rings. The Kier molecular flexibility index (Phi) is 5.64. The molecule has 7 nitrogen and oxygen atoms in total. The first kappa shape index (κ1) is 21.6. The van der Waals surface area contributed by atoms with Crippen LogP contribution in [0.3, 0.4) is 0 Å². The number of benzene rings is 1. The molecule has 0 aromatic heterocycles. The summed E-state index contributed by atoms with van der Waals surface area (Å²) in [7, 11) is 0. The van der Waals surface area contributed by atoms with Crippen LogP contribution in [0.4, 0.5) is 4.79 Å². The Bertz CT molecular complexity index is 825. The monoisotopic (exact) mass is 425 g/mol. The summed E-state index contributed by atoms with van der Waals surface area (Å²) in [6.07, 6.45) is 2.71. The van der Waals surface area contributed by atoms with E-state index in [4.69, 9.17) is 25.8 Å². The number of fused-ring (bicyclic) bond motifs is 1. The van der Waals surface area contributed by atoms with Crippen LogP contribution in [0.5, 0.6) is 11.5 Å². The van der Waals surface area contributed by atoms with Crippen molar-refractivity contribution in [3.05, 3.63) is 22.2 Å². The van der Waals surface area contributed by atoms with Crippen LogP contribution in [0.15, 0.2) is 6.07 Å². The van der Waals surface area contributed by atoms with Gasteiger partial charge in [0.25, 0.3) is 5.79 Å². The zero-order valence-electron chi connectivity index (χ0n) is 17.4. The summed E-state index contributed by atoms with van der Waals surface area (Å²) in [6.45, 7) is 9.05. The number of carbonyl (C=O) groups excluding carboxylic acids is 1. The van der Waals surface area contributed by atoms with E-state index in [9.17, 15) is 14.7 Å². The Morgan fingerprint density at radius 2 is 1.79 bits per heavy atom. The number of aromatic carboxylic acids is 1. The van der Waals surface area contributed by atoms with Gasteiger partial charge in [0.2, 0.25) is 0 Å². The molecular weight excluding hydrogens is 398 g/mol. The molecule has 1 fully saturated rings. The lowest BCUT2D eigenvalue weighted by atomic mass is 9.81. The second-order valence-electron chi connectivity index (χ2n) is 8.91. The maximum atomic E-state index is 12.0. The largest absolute Gasteiger partial charge is 0.478 e. The summed E-state index contributed by atoms with van der Waals surface area (Å²) >= 11 is 6.26. The molecule has 3 rings (SSSR count). The first-order valence-corrected chi connectivity index (χ1v) is 10.2. The molecule has 1 amide bonds. The Morgan fingerprint density at radius 1 is 1.21 bits per heavy atom. The van der Waals surface area contributed by atoms with E-state index < -0.39 is 23.5 Å². The molecule has 160 valence electrons. The van der Waals surface area contributed by atoms with Crippen molar-refractivity contribution >= 4 is 23.7 Å². The second-order valence-corrected chi connectivity index (χ2v) is 9.32. The minimum absolute atomic E-state index is 0.0393. The highest BCUT2D eigenvalue weighted by Crippen LogP contribution is 2.51. The maximum Gasteiger partial charge on any atom is 0.407 e. The highest BCUT2D eigenvalue weighted by atomic mass is 35.5. The standard InChI is InChI=1S/C21H28ClNO6/c1-11-14(18(24)25)10-15(22)17-16(11)27-21(5,28-17)12-6-8-13(9-7-12)23-19(26)29-20(2,3)4/h10,12-13H,6-9H2,1-5H3,(H,23,26)(H,24,25)/t12-,13-,21?. The van der Waals surface area contributed by atoms with Crippen molar-refractivity contribution in [1.82, 2.24) is 5.32 Å². The molecule has 29 heavy (non-hydrogen) atoms. The lowest BCUT2D eigenvalue weighted by Gasteiger charge is -2.37. The van der Waals surface area contributed by atoms with Crippen molar-refractivity contribution in [2.24, 2.45) is 5.92 Å². The number of hydrogen-bond acceptors (Lipinski definition) is 5. The summed E-state index contributed by atoms with van der Waals surface area (Å²) in [5.74, 6) is -1.12. The van der Waals surface area contributed by atoms with Gasteiger partial charge in [-0.3, -0.25) is 0 Å². The summed E-state index contributed by atoms with van der Waals surface area (Å²) in [5.41, 5.74) is 0.0747. The number of carboxylic acids is 1. The molecule has 2 N–H and O–H groups in total. The topological polar surface area (TPSA) is 94.1 Å². The third kappa shape index (κ3) is 4.55. The summed E-state index contributed by atoms with van der Waals surface area (Å²) in [5, 5.41) is 12.5. The Labute approximate surface area is 175 Å². The number of nitrogens with one attached hydrogen (secondary N) is 1. The van der Waals surface area contributed by atoms with Crippen LogP contribution < -0.4 is 14.8 Å². The lowest BCUT2D eigenvalue weighted by molar-refractivity contribution is -0.121. The molecule has 1 aliphatic carbocycles. The summed E-state index contributed by atoms with van der Waals surface area (Å²) in [4.78, 5) is 23.4. The Balaban J connectivity index is 1.66.